The molecule has 6 nitrogen and oxygen atoms in total. The second-order valence-corrected chi connectivity index (χ2v) is 5.39. The molecule has 0 bridgehead atoms. The van der Waals surface area contributed by atoms with E-state index in [0.717, 1.165) is 5.56 Å². The lowest BCUT2D eigenvalue weighted by molar-refractivity contribution is -0.385. The molecular weight excluding hydrogens is 326 g/mol. The van der Waals surface area contributed by atoms with E-state index in [1.54, 1.807) is 20.2 Å². The Morgan fingerprint density at radius 1 is 1.40 bits per heavy atom. The van der Waals surface area contributed by atoms with Crippen LogP contribution in [0.2, 0.25) is 0 Å². The Balaban J connectivity index is 2.88. The maximum absolute atomic E-state index is 11.7. The van der Waals surface area contributed by atoms with Gasteiger partial charge in [0.15, 0.2) is 0 Å². The maximum Gasteiger partial charge on any atom is 0.283 e. The van der Waals surface area contributed by atoms with Crippen LogP contribution < -0.4 is 0 Å². The summed E-state index contributed by atoms with van der Waals surface area (Å²) in [4.78, 5) is 25.7. The van der Waals surface area contributed by atoms with E-state index < -0.39 is 4.92 Å². The lowest BCUT2D eigenvalue weighted by Gasteiger charge is -2.22. The largest absolute Gasteiger partial charge is 0.348 e. The number of halogens is 1. The predicted octanol–water partition coefficient (Wildman–Crippen LogP) is 2.27. The van der Waals surface area contributed by atoms with Crippen LogP contribution in [0, 0.1) is 10.1 Å². The number of hydrogen-bond acceptors (Lipinski definition) is 4. The van der Waals surface area contributed by atoms with Crippen molar-refractivity contribution in [1.82, 2.24) is 9.80 Å². The molecule has 20 heavy (non-hydrogen) atoms. The Morgan fingerprint density at radius 3 is 2.55 bits per heavy atom. The fourth-order valence-electron chi connectivity index (χ4n) is 1.68. The molecule has 110 valence electrons. The van der Waals surface area contributed by atoms with E-state index in [-0.39, 0.29) is 11.6 Å². The van der Waals surface area contributed by atoms with Crippen molar-refractivity contribution in [3.63, 3.8) is 0 Å². The fraction of sp³-hybridized carbons (Fsp3) is 0.462. The number of nitro benzene ring substituents is 1. The van der Waals surface area contributed by atoms with E-state index >= 15 is 0 Å². The third-order valence-electron chi connectivity index (χ3n) is 2.95. The second-order valence-electron chi connectivity index (χ2n) is 4.60. The molecule has 0 spiro atoms. The molecular formula is C13H18BrN3O3. The molecule has 0 fully saturated rings. The Bertz CT molecular complexity index is 506. The average Bonchev–Trinajstić information content (AvgIpc) is 2.39. The molecule has 7 heteroatoms. The van der Waals surface area contributed by atoms with E-state index in [4.69, 9.17) is 0 Å². The first-order chi connectivity index (χ1) is 9.36. The zero-order chi connectivity index (χ0) is 15.3. The third-order valence-corrected chi connectivity index (χ3v) is 3.87. The van der Waals surface area contributed by atoms with Gasteiger partial charge in [-0.05, 0) is 28.0 Å². The molecule has 0 N–H and O–H groups in total. The van der Waals surface area contributed by atoms with Gasteiger partial charge in [0.1, 0.15) is 0 Å². The molecule has 0 saturated heterocycles. The quantitative estimate of drug-likeness (QED) is 0.587. The van der Waals surface area contributed by atoms with Gasteiger partial charge in [-0.25, -0.2) is 0 Å². The van der Waals surface area contributed by atoms with Crippen LogP contribution in [0.1, 0.15) is 12.5 Å². The van der Waals surface area contributed by atoms with Crippen molar-refractivity contribution in [3.05, 3.63) is 38.3 Å². The number of hydrogen-bond donors (Lipinski definition) is 0. The monoisotopic (exact) mass is 343 g/mol. The van der Waals surface area contributed by atoms with Crippen LogP contribution in [0.4, 0.5) is 5.69 Å². The second kappa shape index (κ2) is 7.35. The highest BCUT2D eigenvalue weighted by atomic mass is 79.9. The smallest absolute Gasteiger partial charge is 0.283 e. The van der Waals surface area contributed by atoms with E-state index in [1.807, 2.05) is 17.9 Å². The van der Waals surface area contributed by atoms with Crippen LogP contribution in [0.3, 0.4) is 0 Å². The van der Waals surface area contributed by atoms with Gasteiger partial charge in [0, 0.05) is 26.7 Å². The van der Waals surface area contributed by atoms with Gasteiger partial charge in [-0.15, -0.1) is 0 Å². The van der Waals surface area contributed by atoms with Crippen molar-refractivity contribution >= 4 is 27.5 Å². The highest BCUT2D eigenvalue weighted by Crippen LogP contribution is 2.29. The number of likely N-dealkylation sites (N-methyl/N-ethyl adjacent to an activating group) is 2. The molecule has 1 aromatic carbocycles. The molecule has 0 atom stereocenters. The normalized spacial score (nSPS) is 10.7. The van der Waals surface area contributed by atoms with Gasteiger partial charge in [0.05, 0.1) is 15.9 Å². The summed E-state index contributed by atoms with van der Waals surface area (Å²) >= 11 is 3.27. The first kappa shape index (κ1) is 16.6. The van der Waals surface area contributed by atoms with Gasteiger partial charge in [-0.1, -0.05) is 19.1 Å². The molecule has 0 unspecified atom stereocenters. The number of benzene rings is 1. The summed E-state index contributed by atoms with van der Waals surface area (Å²) in [6, 6.07) is 4.93. The van der Waals surface area contributed by atoms with Gasteiger partial charge in [-0.2, -0.15) is 0 Å². The zero-order valence-corrected chi connectivity index (χ0v) is 13.4. The van der Waals surface area contributed by atoms with Crippen molar-refractivity contribution in [2.75, 3.05) is 27.2 Å². The number of rotatable bonds is 6. The first-order valence-corrected chi connectivity index (χ1v) is 7.00. The maximum atomic E-state index is 11.7. The van der Waals surface area contributed by atoms with E-state index in [9.17, 15) is 14.9 Å². The Hall–Kier alpha value is -1.47. The highest BCUT2D eigenvalue weighted by molar-refractivity contribution is 9.10. The summed E-state index contributed by atoms with van der Waals surface area (Å²) < 4.78 is 0.473. The molecule has 0 aromatic heterocycles. The predicted molar refractivity (Wildman–Crippen MR) is 80.4 cm³/mol. The van der Waals surface area contributed by atoms with Gasteiger partial charge in [0.2, 0.25) is 5.91 Å². The minimum absolute atomic E-state index is 0.00778. The van der Waals surface area contributed by atoms with Crippen molar-refractivity contribution < 1.29 is 9.72 Å². The lowest BCUT2D eigenvalue weighted by Crippen LogP contribution is -2.36. The molecule has 1 aromatic rings. The van der Waals surface area contributed by atoms with Crippen LogP contribution in [-0.4, -0.2) is 47.8 Å². The van der Waals surface area contributed by atoms with Crippen LogP contribution in [-0.2, 0) is 11.3 Å². The SMILES string of the molecule is CCN(CC(=O)N(C)C)Cc1cccc([N+](=O)[O-])c1Br. The van der Waals surface area contributed by atoms with Crippen LogP contribution >= 0.6 is 15.9 Å². The summed E-state index contributed by atoms with van der Waals surface area (Å²) in [5.41, 5.74) is 0.838. The zero-order valence-electron chi connectivity index (χ0n) is 11.8. The van der Waals surface area contributed by atoms with E-state index in [2.05, 4.69) is 15.9 Å². The Kier molecular flexibility index (Phi) is 6.09. The standard InChI is InChI=1S/C13H18BrN3O3/c1-4-16(9-12(18)15(2)3)8-10-6-5-7-11(13(10)14)17(19)20/h5-7H,4,8-9H2,1-3H3. The van der Waals surface area contributed by atoms with Crippen molar-refractivity contribution in [2.24, 2.45) is 0 Å². The van der Waals surface area contributed by atoms with Crippen molar-refractivity contribution in [1.29, 1.82) is 0 Å². The highest BCUT2D eigenvalue weighted by Gasteiger charge is 2.17. The molecule has 1 amide bonds. The topological polar surface area (TPSA) is 66.7 Å². The molecule has 0 heterocycles. The number of nitro groups is 1. The molecule has 0 aliphatic heterocycles. The molecule has 0 radical (unpaired) electrons. The minimum atomic E-state index is -0.422. The number of carbonyl (C=O) groups is 1. The summed E-state index contributed by atoms with van der Waals surface area (Å²) in [7, 11) is 3.42. The van der Waals surface area contributed by atoms with Gasteiger partial charge < -0.3 is 4.90 Å². The van der Waals surface area contributed by atoms with Crippen LogP contribution in [0.15, 0.2) is 22.7 Å². The summed E-state index contributed by atoms with van der Waals surface area (Å²) in [6.07, 6.45) is 0. The van der Waals surface area contributed by atoms with Crippen molar-refractivity contribution in [2.45, 2.75) is 13.5 Å². The average molecular weight is 344 g/mol. The minimum Gasteiger partial charge on any atom is -0.348 e. The van der Waals surface area contributed by atoms with Gasteiger partial charge >= 0.3 is 0 Å². The molecule has 0 saturated carbocycles. The third kappa shape index (κ3) is 4.28. The molecule has 0 aliphatic carbocycles. The van der Waals surface area contributed by atoms with E-state index in [1.165, 1.54) is 11.0 Å². The first-order valence-electron chi connectivity index (χ1n) is 6.21. The van der Waals surface area contributed by atoms with Gasteiger partial charge in [0.25, 0.3) is 5.69 Å². The summed E-state index contributed by atoms with van der Waals surface area (Å²) in [5.74, 6) is 0.00778. The van der Waals surface area contributed by atoms with Crippen LogP contribution in [0.25, 0.3) is 0 Å². The number of nitrogens with zero attached hydrogens (tertiary/aromatic N) is 3. The fourth-order valence-corrected chi connectivity index (χ4v) is 2.22. The van der Waals surface area contributed by atoms with Crippen molar-refractivity contribution in [3.8, 4) is 0 Å². The summed E-state index contributed by atoms with van der Waals surface area (Å²) in [6.45, 7) is 3.42. The number of carbonyl (C=O) groups excluding carboxylic acids is 1. The van der Waals surface area contributed by atoms with Gasteiger partial charge in [-0.3, -0.25) is 19.8 Å². The Morgan fingerprint density at radius 2 is 2.05 bits per heavy atom. The Labute approximate surface area is 126 Å². The lowest BCUT2D eigenvalue weighted by atomic mass is 10.2. The molecule has 0 aliphatic rings. The van der Waals surface area contributed by atoms with Crippen LogP contribution in [0.5, 0.6) is 0 Å². The number of amides is 1. The van der Waals surface area contributed by atoms with E-state index in [0.29, 0.717) is 24.1 Å². The molecule has 1 rings (SSSR count). The summed E-state index contributed by atoms with van der Waals surface area (Å²) in [5, 5.41) is 10.9.